The van der Waals surface area contributed by atoms with Crippen molar-refractivity contribution in [2.45, 2.75) is 37.0 Å². The molecule has 1 aromatic carbocycles. The van der Waals surface area contributed by atoms with Gasteiger partial charge in [0, 0.05) is 16.2 Å². The lowest BCUT2D eigenvalue weighted by Crippen LogP contribution is -2.08. The van der Waals surface area contributed by atoms with Crippen molar-refractivity contribution in [3.05, 3.63) is 29.6 Å². The maximum absolute atomic E-state index is 13.5. The van der Waals surface area contributed by atoms with Gasteiger partial charge in [-0.15, -0.1) is 11.8 Å². The van der Waals surface area contributed by atoms with E-state index in [0.717, 1.165) is 5.56 Å². The molecule has 0 saturated heterocycles. The number of hydrogen-bond donors (Lipinski definition) is 1. The van der Waals surface area contributed by atoms with Crippen LogP contribution < -0.4 is 5.73 Å². The molecule has 0 aliphatic rings. The van der Waals surface area contributed by atoms with Crippen LogP contribution in [-0.4, -0.2) is 5.25 Å². The molecule has 1 nitrogen and oxygen atoms in total. The van der Waals surface area contributed by atoms with Crippen LogP contribution in [0.2, 0.25) is 0 Å². The second kappa shape index (κ2) is 4.80. The molecule has 78 valence electrons. The normalized spacial score (nSPS) is 13.3. The smallest absolute Gasteiger partial charge is 0.137 e. The Morgan fingerprint density at radius 1 is 1.29 bits per heavy atom. The minimum atomic E-state index is -0.168. The van der Waals surface area contributed by atoms with E-state index in [9.17, 15) is 4.39 Å². The van der Waals surface area contributed by atoms with Gasteiger partial charge >= 0.3 is 0 Å². The topological polar surface area (TPSA) is 26.0 Å². The highest BCUT2D eigenvalue weighted by molar-refractivity contribution is 8.00. The average Bonchev–Trinajstić information content (AvgIpc) is 2.07. The van der Waals surface area contributed by atoms with E-state index < -0.39 is 0 Å². The molecule has 0 fully saturated rings. The van der Waals surface area contributed by atoms with E-state index in [0.29, 0.717) is 10.1 Å². The Balaban J connectivity index is 3.09. The van der Waals surface area contributed by atoms with E-state index in [1.165, 1.54) is 17.8 Å². The Hall–Kier alpha value is -0.540. The Bertz CT molecular complexity index is 310. The number of benzene rings is 1. The van der Waals surface area contributed by atoms with Gasteiger partial charge in [-0.25, -0.2) is 4.39 Å². The number of thioether (sulfide) groups is 1. The van der Waals surface area contributed by atoms with Crippen LogP contribution in [0.1, 0.15) is 32.4 Å². The van der Waals surface area contributed by atoms with Crippen LogP contribution in [0.15, 0.2) is 23.1 Å². The summed E-state index contributed by atoms with van der Waals surface area (Å²) < 4.78 is 13.5. The van der Waals surface area contributed by atoms with Gasteiger partial charge in [0.25, 0.3) is 0 Å². The van der Waals surface area contributed by atoms with Gasteiger partial charge in [0.1, 0.15) is 5.82 Å². The third-order valence-electron chi connectivity index (χ3n) is 1.84. The molecule has 14 heavy (non-hydrogen) atoms. The zero-order chi connectivity index (χ0) is 10.7. The summed E-state index contributed by atoms with van der Waals surface area (Å²) in [6.45, 7) is 5.96. The zero-order valence-corrected chi connectivity index (χ0v) is 9.57. The van der Waals surface area contributed by atoms with Crippen molar-refractivity contribution < 1.29 is 4.39 Å². The molecule has 0 heterocycles. The molecule has 0 unspecified atom stereocenters. The molecule has 0 amide bonds. The summed E-state index contributed by atoms with van der Waals surface area (Å²) in [5.41, 5.74) is 6.67. The largest absolute Gasteiger partial charge is 0.324 e. The number of hydrogen-bond acceptors (Lipinski definition) is 2. The molecule has 0 aliphatic heterocycles. The van der Waals surface area contributed by atoms with Gasteiger partial charge in [0.2, 0.25) is 0 Å². The van der Waals surface area contributed by atoms with E-state index in [1.54, 1.807) is 6.07 Å². The van der Waals surface area contributed by atoms with Crippen LogP contribution in [0.25, 0.3) is 0 Å². The van der Waals surface area contributed by atoms with Gasteiger partial charge in [-0.1, -0.05) is 26.0 Å². The molecule has 1 atom stereocenters. The Kier molecular flexibility index (Phi) is 3.96. The first-order valence-corrected chi connectivity index (χ1v) is 5.61. The highest BCUT2D eigenvalue weighted by Crippen LogP contribution is 2.31. The summed E-state index contributed by atoms with van der Waals surface area (Å²) in [5, 5.41) is 0.365. The monoisotopic (exact) mass is 213 g/mol. The van der Waals surface area contributed by atoms with E-state index in [4.69, 9.17) is 5.73 Å². The molecule has 1 aromatic rings. The van der Waals surface area contributed by atoms with Crippen LogP contribution in [0.4, 0.5) is 4.39 Å². The summed E-state index contributed by atoms with van der Waals surface area (Å²) in [4.78, 5) is 0.692. The van der Waals surface area contributed by atoms with E-state index in [2.05, 4.69) is 0 Å². The Labute approximate surface area is 88.9 Å². The van der Waals surface area contributed by atoms with Gasteiger partial charge in [-0.05, 0) is 18.6 Å². The van der Waals surface area contributed by atoms with Crippen molar-refractivity contribution in [2.75, 3.05) is 0 Å². The first-order valence-electron chi connectivity index (χ1n) is 4.73. The summed E-state index contributed by atoms with van der Waals surface area (Å²) >= 11 is 1.52. The molecule has 0 bridgehead atoms. The van der Waals surface area contributed by atoms with Crippen LogP contribution in [0.3, 0.4) is 0 Å². The average molecular weight is 213 g/mol. The third kappa shape index (κ3) is 2.72. The molecule has 2 N–H and O–H groups in total. The van der Waals surface area contributed by atoms with Crippen molar-refractivity contribution in [2.24, 2.45) is 5.73 Å². The second-order valence-corrected chi connectivity index (χ2v) is 5.20. The lowest BCUT2D eigenvalue weighted by Gasteiger charge is -2.14. The maximum Gasteiger partial charge on any atom is 0.137 e. The van der Waals surface area contributed by atoms with E-state index in [1.807, 2.05) is 26.8 Å². The van der Waals surface area contributed by atoms with Crippen molar-refractivity contribution in [3.8, 4) is 0 Å². The standard InChI is InChI=1S/C11H16FNS/c1-7(2)14-11-9(8(3)13)5-4-6-10(11)12/h4-8H,13H2,1-3H3/t8-/m1/s1. The van der Waals surface area contributed by atoms with Gasteiger partial charge in [0.05, 0.1) is 0 Å². The highest BCUT2D eigenvalue weighted by atomic mass is 32.2. The van der Waals surface area contributed by atoms with Gasteiger partial charge in [-0.3, -0.25) is 0 Å². The Morgan fingerprint density at radius 2 is 1.93 bits per heavy atom. The lowest BCUT2D eigenvalue weighted by molar-refractivity contribution is 0.591. The third-order valence-corrected chi connectivity index (χ3v) is 2.98. The molecule has 0 spiro atoms. The minimum Gasteiger partial charge on any atom is -0.324 e. The molecule has 0 saturated carbocycles. The number of rotatable bonds is 3. The summed E-state index contributed by atoms with van der Waals surface area (Å²) in [7, 11) is 0. The first-order chi connectivity index (χ1) is 6.52. The van der Waals surface area contributed by atoms with Crippen LogP contribution in [0, 0.1) is 5.82 Å². The maximum atomic E-state index is 13.5. The molecule has 0 aromatic heterocycles. The minimum absolute atomic E-state index is 0.119. The van der Waals surface area contributed by atoms with Crippen LogP contribution in [0.5, 0.6) is 0 Å². The molecule has 3 heteroatoms. The molecule has 0 aliphatic carbocycles. The first kappa shape index (κ1) is 11.5. The molecule has 0 radical (unpaired) electrons. The van der Waals surface area contributed by atoms with Crippen molar-refractivity contribution in [1.29, 1.82) is 0 Å². The Morgan fingerprint density at radius 3 is 2.43 bits per heavy atom. The quantitative estimate of drug-likeness (QED) is 0.779. The summed E-state index contributed by atoms with van der Waals surface area (Å²) in [5.74, 6) is -0.168. The molecule has 1 rings (SSSR count). The van der Waals surface area contributed by atoms with Crippen LogP contribution >= 0.6 is 11.8 Å². The van der Waals surface area contributed by atoms with E-state index >= 15 is 0 Å². The fourth-order valence-electron chi connectivity index (χ4n) is 1.24. The number of halogens is 1. The predicted molar refractivity (Wildman–Crippen MR) is 60.0 cm³/mol. The SMILES string of the molecule is CC(C)Sc1c(F)cccc1[C@@H](C)N. The van der Waals surface area contributed by atoms with Crippen LogP contribution in [-0.2, 0) is 0 Å². The van der Waals surface area contributed by atoms with Crippen molar-refractivity contribution >= 4 is 11.8 Å². The lowest BCUT2D eigenvalue weighted by atomic mass is 10.1. The molecular weight excluding hydrogens is 197 g/mol. The highest BCUT2D eigenvalue weighted by Gasteiger charge is 2.12. The fourth-order valence-corrected chi connectivity index (χ4v) is 2.29. The second-order valence-electron chi connectivity index (χ2n) is 3.61. The van der Waals surface area contributed by atoms with Gasteiger partial charge in [-0.2, -0.15) is 0 Å². The van der Waals surface area contributed by atoms with Crippen molar-refractivity contribution in [3.63, 3.8) is 0 Å². The molecular formula is C11H16FNS. The van der Waals surface area contributed by atoms with E-state index in [-0.39, 0.29) is 11.9 Å². The predicted octanol–water partition coefficient (Wildman–Crippen LogP) is 3.35. The van der Waals surface area contributed by atoms with Gasteiger partial charge in [0.15, 0.2) is 0 Å². The zero-order valence-electron chi connectivity index (χ0n) is 8.75. The summed E-state index contributed by atoms with van der Waals surface area (Å²) in [6, 6.07) is 4.96. The fraction of sp³-hybridized carbons (Fsp3) is 0.455. The van der Waals surface area contributed by atoms with Gasteiger partial charge < -0.3 is 5.73 Å². The van der Waals surface area contributed by atoms with Crippen molar-refractivity contribution in [1.82, 2.24) is 0 Å². The summed E-state index contributed by atoms with van der Waals surface area (Å²) in [6.07, 6.45) is 0. The number of nitrogens with two attached hydrogens (primary N) is 1.